The Morgan fingerprint density at radius 1 is 0.821 bits per heavy atom. The van der Waals surface area contributed by atoms with Gasteiger partial charge in [0.1, 0.15) is 18.1 Å². The number of amides is 2. The van der Waals surface area contributed by atoms with Gasteiger partial charge in [0.25, 0.3) is 11.8 Å². The summed E-state index contributed by atoms with van der Waals surface area (Å²) in [4.78, 5) is 23.9. The molecule has 0 heterocycles. The molecule has 7 heteroatoms. The van der Waals surface area contributed by atoms with Crippen LogP contribution in [0.1, 0.15) is 29.8 Å². The van der Waals surface area contributed by atoms with Crippen LogP contribution in [-0.4, -0.2) is 38.2 Å². The van der Waals surface area contributed by atoms with E-state index in [1.54, 1.807) is 24.3 Å². The number of carbonyl (C=O) groups is 2. The minimum Gasteiger partial charge on any atom is -0.491 e. The maximum atomic E-state index is 12.1. The van der Waals surface area contributed by atoms with Crippen molar-refractivity contribution in [3.63, 3.8) is 0 Å². The van der Waals surface area contributed by atoms with E-state index in [-0.39, 0.29) is 6.61 Å². The van der Waals surface area contributed by atoms with E-state index in [4.69, 9.17) is 14.2 Å². The molecule has 0 aliphatic carbocycles. The van der Waals surface area contributed by atoms with E-state index in [9.17, 15) is 9.59 Å². The highest BCUT2D eigenvalue weighted by Crippen LogP contribution is 2.13. The maximum absolute atomic E-state index is 12.1. The zero-order chi connectivity index (χ0) is 20.2. The van der Waals surface area contributed by atoms with Crippen molar-refractivity contribution >= 4 is 11.8 Å². The Morgan fingerprint density at radius 2 is 1.46 bits per heavy atom. The zero-order valence-corrected chi connectivity index (χ0v) is 16.2. The Labute approximate surface area is 165 Å². The van der Waals surface area contributed by atoms with Crippen molar-refractivity contribution in [2.75, 3.05) is 26.4 Å². The van der Waals surface area contributed by atoms with Crippen molar-refractivity contribution in [3.8, 4) is 11.5 Å². The molecule has 0 aliphatic rings. The predicted octanol–water partition coefficient (Wildman–Crippen LogP) is 2.50. The third-order valence-corrected chi connectivity index (χ3v) is 3.83. The molecule has 150 valence electrons. The number of hydrogen-bond acceptors (Lipinski definition) is 5. The lowest BCUT2D eigenvalue weighted by molar-refractivity contribution is -0.123. The Bertz CT molecular complexity index is 744. The molecule has 0 radical (unpaired) electrons. The highest BCUT2D eigenvalue weighted by Gasteiger charge is 2.08. The molecule has 0 aliphatic heterocycles. The van der Waals surface area contributed by atoms with E-state index in [0.717, 1.165) is 6.42 Å². The quantitative estimate of drug-likeness (QED) is 0.484. The van der Waals surface area contributed by atoms with Gasteiger partial charge in [-0.15, -0.1) is 0 Å². The van der Waals surface area contributed by atoms with E-state index in [0.29, 0.717) is 36.9 Å². The summed E-state index contributed by atoms with van der Waals surface area (Å²) in [5, 5.41) is 0. The second-order valence-corrected chi connectivity index (χ2v) is 5.86. The average molecular weight is 386 g/mol. The van der Waals surface area contributed by atoms with Crippen LogP contribution in [0, 0.1) is 0 Å². The van der Waals surface area contributed by atoms with Crippen LogP contribution in [0.5, 0.6) is 11.5 Å². The van der Waals surface area contributed by atoms with Gasteiger partial charge >= 0.3 is 0 Å². The van der Waals surface area contributed by atoms with Crippen LogP contribution in [-0.2, 0) is 16.0 Å². The normalized spacial score (nSPS) is 10.2. The van der Waals surface area contributed by atoms with Gasteiger partial charge in [-0.1, -0.05) is 19.1 Å². The summed E-state index contributed by atoms with van der Waals surface area (Å²) in [5.74, 6) is 0.353. The molecule has 0 spiro atoms. The lowest BCUT2D eigenvalue weighted by Crippen LogP contribution is -2.43. The van der Waals surface area contributed by atoms with Gasteiger partial charge in [-0.3, -0.25) is 20.4 Å². The standard InChI is InChI=1S/C21H26N2O5/c1-3-16-5-9-19(10-6-16)28-15-20(24)22-23-21(25)17-7-11-18(12-8-17)27-14-13-26-4-2/h5-12H,3-4,13-15H2,1-2H3,(H,22,24)(H,23,25). The van der Waals surface area contributed by atoms with Gasteiger partial charge in [-0.05, 0) is 55.3 Å². The average Bonchev–Trinajstić information content (AvgIpc) is 2.74. The fraction of sp³-hybridized carbons (Fsp3) is 0.333. The van der Waals surface area contributed by atoms with Gasteiger partial charge in [0, 0.05) is 12.2 Å². The van der Waals surface area contributed by atoms with Gasteiger partial charge in [0.05, 0.1) is 6.61 Å². The zero-order valence-electron chi connectivity index (χ0n) is 16.2. The van der Waals surface area contributed by atoms with E-state index in [1.807, 2.05) is 31.2 Å². The van der Waals surface area contributed by atoms with Crippen LogP contribution in [0.3, 0.4) is 0 Å². The first-order chi connectivity index (χ1) is 13.6. The number of aryl methyl sites for hydroxylation is 1. The topological polar surface area (TPSA) is 85.9 Å². The van der Waals surface area contributed by atoms with Crippen molar-refractivity contribution in [1.29, 1.82) is 0 Å². The van der Waals surface area contributed by atoms with Crippen LogP contribution in [0.4, 0.5) is 0 Å². The number of nitrogens with one attached hydrogen (secondary N) is 2. The third kappa shape index (κ3) is 7.28. The Kier molecular flexibility index (Phi) is 8.81. The Balaban J connectivity index is 1.70. The monoisotopic (exact) mass is 386 g/mol. The van der Waals surface area contributed by atoms with E-state index < -0.39 is 11.8 Å². The van der Waals surface area contributed by atoms with Gasteiger partial charge < -0.3 is 14.2 Å². The highest BCUT2D eigenvalue weighted by molar-refractivity contribution is 5.95. The third-order valence-electron chi connectivity index (χ3n) is 3.83. The minimum atomic E-state index is -0.455. The van der Waals surface area contributed by atoms with Crippen molar-refractivity contribution in [2.24, 2.45) is 0 Å². The van der Waals surface area contributed by atoms with Gasteiger partial charge in [-0.2, -0.15) is 0 Å². The minimum absolute atomic E-state index is 0.196. The molecule has 2 rings (SSSR count). The summed E-state index contributed by atoms with van der Waals surface area (Å²) in [6.07, 6.45) is 0.938. The largest absolute Gasteiger partial charge is 0.491 e. The SMILES string of the molecule is CCOCCOc1ccc(C(=O)NNC(=O)COc2ccc(CC)cc2)cc1. The van der Waals surface area contributed by atoms with Crippen LogP contribution in [0.25, 0.3) is 0 Å². The first-order valence-electron chi connectivity index (χ1n) is 9.24. The number of ether oxygens (including phenoxy) is 3. The summed E-state index contributed by atoms with van der Waals surface area (Å²) in [7, 11) is 0. The number of hydrazine groups is 1. The van der Waals surface area contributed by atoms with E-state index in [2.05, 4.69) is 17.8 Å². The number of hydrogen-bond donors (Lipinski definition) is 2. The molecular formula is C21H26N2O5. The van der Waals surface area contributed by atoms with Crippen LogP contribution in [0.2, 0.25) is 0 Å². The van der Waals surface area contributed by atoms with E-state index >= 15 is 0 Å². The van der Waals surface area contributed by atoms with Crippen molar-refractivity contribution in [3.05, 3.63) is 59.7 Å². The summed E-state index contributed by atoms with van der Waals surface area (Å²) in [5.41, 5.74) is 6.27. The summed E-state index contributed by atoms with van der Waals surface area (Å²) in [6.45, 7) is 5.38. The van der Waals surface area contributed by atoms with Crippen molar-refractivity contribution < 1.29 is 23.8 Å². The predicted molar refractivity (Wildman–Crippen MR) is 105 cm³/mol. The summed E-state index contributed by atoms with van der Waals surface area (Å²) >= 11 is 0. The molecule has 2 N–H and O–H groups in total. The molecule has 0 aromatic heterocycles. The van der Waals surface area contributed by atoms with Crippen LogP contribution in [0.15, 0.2) is 48.5 Å². The lowest BCUT2D eigenvalue weighted by atomic mass is 10.2. The second kappa shape index (κ2) is 11.6. The molecule has 2 aromatic rings. The molecule has 0 saturated carbocycles. The molecule has 0 bridgehead atoms. The fourth-order valence-corrected chi connectivity index (χ4v) is 2.27. The van der Waals surface area contributed by atoms with Crippen molar-refractivity contribution in [2.45, 2.75) is 20.3 Å². The first kappa shape index (κ1) is 21.2. The molecule has 0 saturated heterocycles. The molecule has 0 fully saturated rings. The van der Waals surface area contributed by atoms with Crippen LogP contribution >= 0.6 is 0 Å². The van der Waals surface area contributed by atoms with E-state index in [1.165, 1.54) is 5.56 Å². The molecule has 0 unspecified atom stereocenters. The first-order valence-corrected chi connectivity index (χ1v) is 9.24. The smallest absolute Gasteiger partial charge is 0.276 e. The van der Waals surface area contributed by atoms with Crippen LogP contribution < -0.4 is 20.3 Å². The molecule has 0 atom stereocenters. The fourth-order valence-electron chi connectivity index (χ4n) is 2.27. The molecule has 28 heavy (non-hydrogen) atoms. The van der Waals surface area contributed by atoms with Gasteiger partial charge in [0.15, 0.2) is 6.61 Å². The lowest BCUT2D eigenvalue weighted by Gasteiger charge is -2.10. The molecule has 2 amide bonds. The van der Waals surface area contributed by atoms with Gasteiger partial charge in [-0.25, -0.2) is 0 Å². The molecule has 7 nitrogen and oxygen atoms in total. The van der Waals surface area contributed by atoms with Gasteiger partial charge in [0.2, 0.25) is 0 Å². The Hall–Kier alpha value is -3.06. The summed E-state index contributed by atoms with van der Waals surface area (Å²) < 4.78 is 16.1. The van der Waals surface area contributed by atoms with Crippen molar-refractivity contribution in [1.82, 2.24) is 10.9 Å². The summed E-state index contributed by atoms with van der Waals surface area (Å²) in [6, 6.07) is 14.1. The maximum Gasteiger partial charge on any atom is 0.276 e. The molecule has 2 aromatic carbocycles. The highest BCUT2D eigenvalue weighted by atomic mass is 16.5. The molecular weight excluding hydrogens is 360 g/mol. The number of carbonyl (C=O) groups excluding carboxylic acids is 2. The number of rotatable bonds is 10. The Morgan fingerprint density at radius 3 is 2.11 bits per heavy atom. The number of benzene rings is 2. The second-order valence-electron chi connectivity index (χ2n) is 5.86.